The highest BCUT2D eigenvalue weighted by Gasteiger charge is 2.27. The summed E-state index contributed by atoms with van der Waals surface area (Å²) in [6.45, 7) is 1.68. The van der Waals surface area contributed by atoms with Crippen molar-refractivity contribution in [3.05, 3.63) is 53.4 Å². The second-order valence-corrected chi connectivity index (χ2v) is 5.52. The second-order valence-electron chi connectivity index (χ2n) is 5.52. The number of rotatable bonds is 5. The summed E-state index contributed by atoms with van der Waals surface area (Å²) in [5.74, 6) is 0.152. The molecule has 0 saturated heterocycles. The lowest BCUT2D eigenvalue weighted by Gasteiger charge is -2.14. The van der Waals surface area contributed by atoms with Gasteiger partial charge in [0, 0.05) is 12.1 Å². The standard InChI is InChI=1S/C17H17FN2O3/c1-10(12-5-6-15(22-2)13(18)9-12)23-17(21)14-7-8-19-16(20-14)11-3-4-11/h5-11H,3-4H2,1-2H3. The number of esters is 1. The molecule has 3 rings (SSSR count). The molecular formula is C17H17FN2O3. The van der Waals surface area contributed by atoms with Crippen LogP contribution in [0.4, 0.5) is 4.39 Å². The van der Waals surface area contributed by atoms with Gasteiger partial charge in [0.15, 0.2) is 17.3 Å². The maximum absolute atomic E-state index is 13.7. The van der Waals surface area contributed by atoms with E-state index in [1.807, 2.05) is 0 Å². The van der Waals surface area contributed by atoms with E-state index in [4.69, 9.17) is 9.47 Å². The van der Waals surface area contributed by atoms with Crippen molar-refractivity contribution in [2.75, 3.05) is 7.11 Å². The molecule has 0 aliphatic heterocycles. The van der Waals surface area contributed by atoms with Crippen LogP contribution in [-0.2, 0) is 4.74 Å². The fraction of sp³-hybridized carbons (Fsp3) is 0.353. The van der Waals surface area contributed by atoms with E-state index in [1.165, 1.54) is 25.3 Å². The molecule has 5 nitrogen and oxygen atoms in total. The lowest BCUT2D eigenvalue weighted by atomic mass is 10.1. The van der Waals surface area contributed by atoms with E-state index in [1.54, 1.807) is 19.2 Å². The van der Waals surface area contributed by atoms with Gasteiger partial charge in [0.1, 0.15) is 11.9 Å². The van der Waals surface area contributed by atoms with Crippen molar-refractivity contribution in [3.63, 3.8) is 0 Å². The first-order valence-electron chi connectivity index (χ1n) is 7.46. The predicted octanol–water partition coefficient (Wildman–Crippen LogP) is 3.42. The first-order valence-corrected chi connectivity index (χ1v) is 7.46. The smallest absolute Gasteiger partial charge is 0.357 e. The van der Waals surface area contributed by atoms with Gasteiger partial charge in [0.2, 0.25) is 0 Å². The van der Waals surface area contributed by atoms with Crippen molar-refractivity contribution < 1.29 is 18.7 Å². The van der Waals surface area contributed by atoms with Crippen LogP contribution in [0.1, 0.15) is 53.7 Å². The van der Waals surface area contributed by atoms with E-state index in [-0.39, 0.29) is 11.4 Å². The molecule has 120 valence electrons. The molecule has 1 fully saturated rings. The zero-order valence-electron chi connectivity index (χ0n) is 13.0. The van der Waals surface area contributed by atoms with E-state index < -0.39 is 17.9 Å². The Morgan fingerprint density at radius 3 is 2.78 bits per heavy atom. The molecule has 1 heterocycles. The Labute approximate surface area is 133 Å². The van der Waals surface area contributed by atoms with Gasteiger partial charge in [-0.15, -0.1) is 0 Å². The molecule has 1 aromatic carbocycles. The van der Waals surface area contributed by atoms with Crippen LogP contribution in [0, 0.1) is 5.82 Å². The van der Waals surface area contributed by atoms with Crippen LogP contribution in [0.15, 0.2) is 30.5 Å². The van der Waals surface area contributed by atoms with Crippen LogP contribution in [0.3, 0.4) is 0 Å². The zero-order chi connectivity index (χ0) is 16.4. The minimum absolute atomic E-state index is 0.150. The largest absolute Gasteiger partial charge is 0.494 e. The molecule has 0 N–H and O–H groups in total. The first-order chi connectivity index (χ1) is 11.1. The third-order valence-corrected chi connectivity index (χ3v) is 3.75. The number of benzene rings is 1. The molecular weight excluding hydrogens is 299 g/mol. The summed E-state index contributed by atoms with van der Waals surface area (Å²) in [6.07, 6.45) is 3.08. The number of nitrogens with zero attached hydrogens (tertiary/aromatic N) is 2. The molecule has 1 saturated carbocycles. The van der Waals surface area contributed by atoms with Crippen LogP contribution < -0.4 is 4.74 Å². The SMILES string of the molecule is COc1ccc(C(C)OC(=O)c2ccnc(C3CC3)n2)cc1F. The van der Waals surface area contributed by atoms with Crippen molar-refractivity contribution in [2.24, 2.45) is 0 Å². The summed E-state index contributed by atoms with van der Waals surface area (Å²) < 4.78 is 24.0. The van der Waals surface area contributed by atoms with Crippen LogP contribution in [0.5, 0.6) is 5.75 Å². The molecule has 6 heteroatoms. The fourth-order valence-corrected chi connectivity index (χ4v) is 2.25. The highest BCUT2D eigenvalue weighted by atomic mass is 19.1. The van der Waals surface area contributed by atoms with E-state index in [9.17, 15) is 9.18 Å². The molecule has 1 aromatic heterocycles. The topological polar surface area (TPSA) is 61.3 Å². The minimum Gasteiger partial charge on any atom is -0.494 e. The Hall–Kier alpha value is -2.50. The van der Waals surface area contributed by atoms with Gasteiger partial charge in [-0.3, -0.25) is 0 Å². The Bertz CT molecular complexity index is 732. The van der Waals surface area contributed by atoms with Crippen LogP contribution in [-0.4, -0.2) is 23.0 Å². The maximum atomic E-state index is 13.7. The molecule has 2 aromatic rings. The number of hydrogen-bond acceptors (Lipinski definition) is 5. The van der Waals surface area contributed by atoms with E-state index in [2.05, 4.69) is 9.97 Å². The van der Waals surface area contributed by atoms with Gasteiger partial charge in [0.05, 0.1) is 7.11 Å². The minimum atomic E-state index is -0.595. The number of methoxy groups -OCH3 is 1. The molecule has 1 atom stereocenters. The second kappa shape index (κ2) is 6.32. The van der Waals surface area contributed by atoms with Crippen molar-refractivity contribution in [2.45, 2.75) is 31.8 Å². The number of hydrogen-bond donors (Lipinski definition) is 0. The number of carbonyl (C=O) groups excluding carboxylic acids is 1. The summed E-state index contributed by atoms with van der Waals surface area (Å²) in [5, 5.41) is 0. The maximum Gasteiger partial charge on any atom is 0.357 e. The summed E-state index contributed by atoms with van der Waals surface area (Å²) >= 11 is 0. The fourth-order valence-electron chi connectivity index (χ4n) is 2.25. The predicted molar refractivity (Wildman–Crippen MR) is 80.8 cm³/mol. The molecule has 1 aliphatic rings. The van der Waals surface area contributed by atoms with E-state index in [0.29, 0.717) is 17.3 Å². The summed E-state index contributed by atoms with van der Waals surface area (Å²) in [5.41, 5.74) is 0.774. The average Bonchev–Trinajstić information content (AvgIpc) is 3.39. The molecule has 1 aliphatic carbocycles. The quantitative estimate of drug-likeness (QED) is 0.791. The molecule has 0 radical (unpaired) electrons. The Kier molecular flexibility index (Phi) is 4.23. The van der Waals surface area contributed by atoms with Crippen molar-refractivity contribution in [1.82, 2.24) is 9.97 Å². The highest BCUT2D eigenvalue weighted by Crippen LogP contribution is 2.37. The van der Waals surface area contributed by atoms with Gasteiger partial charge in [-0.05, 0) is 43.5 Å². The van der Waals surface area contributed by atoms with Gasteiger partial charge >= 0.3 is 5.97 Å². The number of halogens is 1. The van der Waals surface area contributed by atoms with Gasteiger partial charge in [0.25, 0.3) is 0 Å². The Balaban J connectivity index is 1.71. The van der Waals surface area contributed by atoms with Crippen molar-refractivity contribution in [1.29, 1.82) is 0 Å². The lowest BCUT2D eigenvalue weighted by Crippen LogP contribution is -2.12. The van der Waals surface area contributed by atoms with Crippen molar-refractivity contribution >= 4 is 5.97 Å². The molecule has 0 amide bonds. The van der Waals surface area contributed by atoms with Crippen molar-refractivity contribution in [3.8, 4) is 5.75 Å². The van der Waals surface area contributed by atoms with Gasteiger partial charge < -0.3 is 9.47 Å². The Morgan fingerprint density at radius 2 is 2.13 bits per heavy atom. The van der Waals surface area contributed by atoms with Gasteiger partial charge in [-0.1, -0.05) is 6.07 Å². The van der Waals surface area contributed by atoms with E-state index in [0.717, 1.165) is 12.8 Å². The number of ether oxygens (including phenoxy) is 2. The van der Waals surface area contributed by atoms with Gasteiger partial charge in [-0.25, -0.2) is 19.2 Å². The summed E-state index contributed by atoms with van der Waals surface area (Å²) in [7, 11) is 1.40. The molecule has 1 unspecified atom stereocenters. The Morgan fingerprint density at radius 1 is 1.35 bits per heavy atom. The third-order valence-electron chi connectivity index (χ3n) is 3.75. The number of aromatic nitrogens is 2. The lowest BCUT2D eigenvalue weighted by molar-refractivity contribution is 0.0329. The van der Waals surface area contributed by atoms with Crippen LogP contribution in [0.25, 0.3) is 0 Å². The highest BCUT2D eigenvalue weighted by molar-refractivity contribution is 5.87. The summed E-state index contributed by atoms with van der Waals surface area (Å²) in [6, 6.07) is 5.99. The van der Waals surface area contributed by atoms with Crippen LogP contribution in [0.2, 0.25) is 0 Å². The third kappa shape index (κ3) is 3.47. The van der Waals surface area contributed by atoms with Gasteiger partial charge in [-0.2, -0.15) is 0 Å². The van der Waals surface area contributed by atoms with Crippen LogP contribution >= 0.6 is 0 Å². The monoisotopic (exact) mass is 316 g/mol. The van der Waals surface area contributed by atoms with E-state index >= 15 is 0 Å². The number of carbonyl (C=O) groups is 1. The first kappa shape index (κ1) is 15.4. The average molecular weight is 316 g/mol. The zero-order valence-corrected chi connectivity index (χ0v) is 13.0. The molecule has 0 spiro atoms. The molecule has 0 bridgehead atoms. The molecule has 23 heavy (non-hydrogen) atoms. The summed E-state index contributed by atoms with van der Waals surface area (Å²) in [4.78, 5) is 20.6. The normalized spacial score (nSPS) is 15.1.